The molecule has 0 aliphatic carbocycles. The van der Waals surface area contributed by atoms with Crippen molar-refractivity contribution in [3.63, 3.8) is 0 Å². The number of para-hydroxylation sites is 2. The van der Waals surface area contributed by atoms with Gasteiger partial charge in [-0.15, -0.1) is 11.6 Å². The zero-order valence-corrected chi connectivity index (χ0v) is 10.9. The average Bonchev–Trinajstić information content (AvgIpc) is 2.82. The molecule has 1 heterocycles. The molecule has 0 saturated carbocycles. The smallest absolute Gasteiger partial charge is 0.227 e. The lowest BCUT2D eigenvalue weighted by atomic mass is 10.2. The molecule has 1 saturated heterocycles. The number of benzene rings is 1. The molecular formula is C13H17ClN2O2. The van der Waals surface area contributed by atoms with Gasteiger partial charge >= 0.3 is 0 Å². The van der Waals surface area contributed by atoms with Gasteiger partial charge in [0.25, 0.3) is 0 Å². The zero-order chi connectivity index (χ0) is 13.0. The second-order valence-corrected chi connectivity index (χ2v) is 4.66. The Balaban J connectivity index is 2.12. The van der Waals surface area contributed by atoms with Gasteiger partial charge in [0.1, 0.15) is 0 Å². The number of carbonyl (C=O) groups is 1. The second kappa shape index (κ2) is 6.07. The van der Waals surface area contributed by atoms with Crippen LogP contribution in [0.5, 0.6) is 0 Å². The second-order valence-electron chi connectivity index (χ2n) is 4.36. The van der Waals surface area contributed by atoms with Crippen molar-refractivity contribution in [1.29, 1.82) is 0 Å². The van der Waals surface area contributed by atoms with Gasteiger partial charge in [-0.2, -0.15) is 0 Å². The van der Waals surface area contributed by atoms with Gasteiger partial charge in [-0.1, -0.05) is 12.1 Å². The number of hydrogen-bond acceptors (Lipinski definition) is 3. The summed E-state index contributed by atoms with van der Waals surface area (Å²) < 4.78 is 0. The summed E-state index contributed by atoms with van der Waals surface area (Å²) in [5, 5.41) is 12.6. The van der Waals surface area contributed by atoms with Crippen molar-refractivity contribution in [3.8, 4) is 0 Å². The van der Waals surface area contributed by atoms with Crippen LogP contribution in [0.3, 0.4) is 0 Å². The van der Waals surface area contributed by atoms with E-state index in [0.29, 0.717) is 13.0 Å². The van der Waals surface area contributed by atoms with Crippen LogP contribution in [0.4, 0.5) is 11.4 Å². The molecule has 5 heteroatoms. The molecule has 0 spiro atoms. The lowest BCUT2D eigenvalue weighted by molar-refractivity contribution is -0.117. The Bertz CT molecular complexity index is 425. The van der Waals surface area contributed by atoms with Gasteiger partial charge in [0.05, 0.1) is 23.4 Å². The van der Waals surface area contributed by atoms with E-state index in [-0.39, 0.29) is 11.8 Å². The number of halogens is 1. The van der Waals surface area contributed by atoms with E-state index in [9.17, 15) is 9.90 Å². The summed E-state index contributed by atoms with van der Waals surface area (Å²) in [5.74, 6) is 0.347. The number of amides is 1. The Labute approximate surface area is 112 Å². The maximum Gasteiger partial charge on any atom is 0.227 e. The molecule has 2 rings (SSSR count). The largest absolute Gasteiger partial charge is 0.390 e. The summed E-state index contributed by atoms with van der Waals surface area (Å²) in [6, 6.07) is 7.63. The van der Waals surface area contributed by atoms with Crippen molar-refractivity contribution in [2.75, 3.05) is 29.2 Å². The lowest BCUT2D eigenvalue weighted by Crippen LogP contribution is -2.26. The minimum absolute atomic E-state index is 0.155. The van der Waals surface area contributed by atoms with Crippen LogP contribution < -0.4 is 10.2 Å². The number of aliphatic hydroxyl groups is 1. The molecule has 2 N–H and O–H groups in total. The minimum Gasteiger partial charge on any atom is -0.390 e. The van der Waals surface area contributed by atoms with E-state index in [1.54, 1.807) is 4.90 Å². The quantitative estimate of drug-likeness (QED) is 0.801. The van der Waals surface area contributed by atoms with Crippen LogP contribution in [-0.2, 0) is 4.79 Å². The third-order valence-corrected chi connectivity index (χ3v) is 3.33. The number of nitrogens with zero attached hydrogens (tertiary/aromatic N) is 1. The molecule has 1 amide bonds. The van der Waals surface area contributed by atoms with Gasteiger partial charge in [-0.3, -0.25) is 4.79 Å². The summed E-state index contributed by atoms with van der Waals surface area (Å²) >= 11 is 5.55. The Morgan fingerprint density at radius 3 is 2.89 bits per heavy atom. The summed E-state index contributed by atoms with van der Waals surface area (Å²) in [4.78, 5) is 13.5. The molecule has 0 radical (unpaired) electrons. The first-order valence-corrected chi connectivity index (χ1v) is 6.63. The summed E-state index contributed by atoms with van der Waals surface area (Å²) in [6.45, 7) is 1.14. The van der Waals surface area contributed by atoms with Gasteiger partial charge in [-0.05, 0) is 18.6 Å². The zero-order valence-electron chi connectivity index (χ0n) is 10.1. The normalized spacial score (nSPS) is 17.0. The molecule has 4 nitrogen and oxygen atoms in total. The van der Waals surface area contributed by atoms with Gasteiger partial charge in [0, 0.05) is 19.5 Å². The molecule has 1 aliphatic rings. The third-order valence-electron chi connectivity index (χ3n) is 2.97. The lowest BCUT2D eigenvalue weighted by Gasteiger charge is -2.21. The maximum absolute atomic E-state index is 11.7. The predicted molar refractivity (Wildman–Crippen MR) is 73.2 cm³/mol. The predicted octanol–water partition coefficient (Wildman–Crippen LogP) is 1.82. The Morgan fingerprint density at radius 2 is 2.22 bits per heavy atom. The van der Waals surface area contributed by atoms with E-state index in [4.69, 9.17) is 11.6 Å². The van der Waals surface area contributed by atoms with E-state index >= 15 is 0 Å². The van der Waals surface area contributed by atoms with Crippen LogP contribution in [-0.4, -0.2) is 36.1 Å². The van der Waals surface area contributed by atoms with E-state index in [1.165, 1.54) is 0 Å². The molecule has 0 aromatic heterocycles. The van der Waals surface area contributed by atoms with Crippen molar-refractivity contribution in [2.45, 2.75) is 18.9 Å². The maximum atomic E-state index is 11.7. The summed E-state index contributed by atoms with van der Waals surface area (Å²) in [6.07, 6.45) is 0.921. The topological polar surface area (TPSA) is 52.6 Å². The number of nitrogens with one attached hydrogen (secondary N) is 1. The van der Waals surface area contributed by atoms with Crippen LogP contribution in [0, 0.1) is 0 Å². The SMILES string of the molecule is O=C1CCCN1c1ccccc1NCC(O)CCl. The van der Waals surface area contributed by atoms with E-state index in [0.717, 1.165) is 24.3 Å². The monoisotopic (exact) mass is 268 g/mol. The van der Waals surface area contributed by atoms with E-state index < -0.39 is 6.10 Å². The number of carbonyl (C=O) groups excluding carboxylic acids is 1. The minimum atomic E-state index is -0.589. The Kier molecular flexibility index (Phi) is 4.44. The van der Waals surface area contributed by atoms with Crippen LogP contribution in [0.15, 0.2) is 24.3 Å². The van der Waals surface area contributed by atoms with Crippen LogP contribution in [0.2, 0.25) is 0 Å². The van der Waals surface area contributed by atoms with Gasteiger partial charge in [-0.25, -0.2) is 0 Å². The van der Waals surface area contributed by atoms with Crippen molar-refractivity contribution in [3.05, 3.63) is 24.3 Å². The average molecular weight is 269 g/mol. The van der Waals surface area contributed by atoms with Gasteiger partial charge in [0.15, 0.2) is 0 Å². The highest BCUT2D eigenvalue weighted by Crippen LogP contribution is 2.29. The highest BCUT2D eigenvalue weighted by molar-refractivity contribution is 6.18. The molecule has 98 valence electrons. The van der Waals surface area contributed by atoms with Gasteiger partial charge in [0.2, 0.25) is 5.91 Å². The van der Waals surface area contributed by atoms with Crippen molar-refractivity contribution >= 4 is 28.9 Å². The molecule has 1 aromatic carbocycles. The van der Waals surface area contributed by atoms with Crippen LogP contribution in [0.25, 0.3) is 0 Å². The standard InChI is InChI=1S/C13H17ClN2O2/c14-8-10(17)9-15-11-4-1-2-5-12(11)16-7-3-6-13(16)18/h1-2,4-5,10,15,17H,3,6-9H2. The number of aliphatic hydroxyl groups excluding tert-OH is 1. The first-order chi connectivity index (χ1) is 8.72. The Hall–Kier alpha value is -1.26. The molecule has 1 atom stereocenters. The number of hydrogen-bond donors (Lipinski definition) is 2. The molecule has 1 fully saturated rings. The third kappa shape index (κ3) is 2.94. The molecule has 0 bridgehead atoms. The van der Waals surface area contributed by atoms with E-state index in [1.807, 2.05) is 24.3 Å². The fraction of sp³-hybridized carbons (Fsp3) is 0.462. The van der Waals surface area contributed by atoms with Crippen molar-refractivity contribution in [1.82, 2.24) is 0 Å². The van der Waals surface area contributed by atoms with Gasteiger partial charge < -0.3 is 15.3 Å². The summed E-state index contributed by atoms with van der Waals surface area (Å²) in [7, 11) is 0. The molecule has 1 unspecified atom stereocenters. The first-order valence-electron chi connectivity index (χ1n) is 6.09. The first kappa shape index (κ1) is 13.2. The molecule has 18 heavy (non-hydrogen) atoms. The Morgan fingerprint density at radius 1 is 1.44 bits per heavy atom. The van der Waals surface area contributed by atoms with Crippen LogP contribution in [0.1, 0.15) is 12.8 Å². The fourth-order valence-corrected chi connectivity index (χ4v) is 2.15. The van der Waals surface area contributed by atoms with Crippen molar-refractivity contribution < 1.29 is 9.90 Å². The number of alkyl halides is 1. The van der Waals surface area contributed by atoms with E-state index in [2.05, 4.69) is 5.32 Å². The highest BCUT2D eigenvalue weighted by atomic mass is 35.5. The number of anilines is 2. The molecule has 1 aromatic rings. The molecule has 1 aliphatic heterocycles. The highest BCUT2D eigenvalue weighted by Gasteiger charge is 2.23. The molecular weight excluding hydrogens is 252 g/mol. The fourth-order valence-electron chi connectivity index (χ4n) is 2.04. The summed E-state index contributed by atoms with van der Waals surface area (Å²) in [5.41, 5.74) is 1.73. The van der Waals surface area contributed by atoms with Crippen LogP contribution >= 0.6 is 11.6 Å². The van der Waals surface area contributed by atoms with Crippen molar-refractivity contribution in [2.24, 2.45) is 0 Å². The number of rotatable bonds is 5.